The Morgan fingerprint density at radius 3 is 2.64 bits per heavy atom. The van der Waals surface area contributed by atoms with Crippen molar-refractivity contribution in [1.29, 1.82) is 0 Å². The van der Waals surface area contributed by atoms with Crippen LogP contribution in [-0.2, 0) is 4.74 Å². The lowest BCUT2D eigenvalue weighted by Crippen LogP contribution is -2.35. The molecule has 2 N–H and O–H groups in total. The van der Waals surface area contributed by atoms with Crippen molar-refractivity contribution in [2.45, 2.75) is 18.4 Å². The van der Waals surface area contributed by atoms with Gasteiger partial charge in [0, 0.05) is 13.1 Å². The first kappa shape index (κ1) is 7.53. The van der Waals surface area contributed by atoms with Crippen molar-refractivity contribution in [1.82, 2.24) is 10.6 Å². The molecule has 3 heteroatoms. The van der Waals surface area contributed by atoms with Gasteiger partial charge in [-0.15, -0.1) is 0 Å². The van der Waals surface area contributed by atoms with Gasteiger partial charge in [-0.05, 0) is 25.9 Å². The Labute approximate surface area is 67.5 Å². The van der Waals surface area contributed by atoms with E-state index in [-0.39, 0.29) is 5.60 Å². The Balaban J connectivity index is 1.97. The van der Waals surface area contributed by atoms with Crippen LogP contribution in [0.1, 0.15) is 12.8 Å². The Morgan fingerprint density at radius 1 is 1.00 bits per heavy atom. The molecule has 0 aromatic carbocycles. The third kappa shape index (κ3) is 1.55. The van der Waals surface area contributed by atoms with E-state index in [1.54, 1.807) is 0 Å². The molecule has 3 nitrogen and oxygen atoms in total. The molecule has 0 bridgehead atoms. The first-order valence-electron chi connectivity index (χ1n) is 4.47. The molecule has 0 aliphatic carbocycles. The smallest absolute Gasteiger partial charge is 0.0831 e. The summed E-state index contributed by atoms with van der Waals surface area (Å²) in [5, 5.41) is 6.70. The van der Waals surface area contributed by atoms with Gasteiger partial charge in [-0.3, -0.25) is 0 Å². The molecule has 11 heavy (non-hydrogen) atoms. The average molecular weight is 156 g/mol. The van der Waals surface area contributed by atoms with Gasteiger partial charge < -0.3 is 15.4 Å². The fraction of sp³-hybridized carbons (Fsp3) is 1.00. The van der Waals surface area contributed by atoms with Crippen LogP contribution in [0.2, 0.25) is 0 Å². The topological polar surface area (TPSA) is 33.3 Å². The molecule has 0 amide bonds. The molecule has 0 saturated carbocycles. The third-order valence-electron chi connectivity index (χ3n) is 2.65. The molecule has 1 spiro atoms. The van der Waals surface area contributed by atoms with Crippen molar-refractivity contribution < 1.29 is 4.74 Å². The zero-order chi connectivity index (χ0) is 7.57. The predicted octanol–water partition coefficient (Wildman–Crippen LogP) is -0.272. The largest absolute Gasteiger partial charge is 0.372 e. The fourth-order valence-corrected chi connectivity index (χ4v) is 1.91. The summed E-state index contributed by atoms with van der Waals surface area (Å²) in [7, 11) is 0. The molecule has 2 heterocycles. The van der Waals surface area contributed by atoms with Gasteiger partial charge >= 0.3 is 0 Å². The van der Waals surface area contributed by atoms with Gasteiger partial charge in [0.15, 0.2) is 0 Å². The van der Waals surface area contributed by atoms with Crippen LogP contribution in [0.25, 0.3) is 0 Å². The minimum Gasteiger partial charge on any atom is -0.372 e. The highest BCUT2D eigenvalue weighted by molar-refractivity contribution is 4.91. The van der Waals surface area contributed by atoms with E-state index in [1.807, 2.05) is 0 Å². The first-order valence-corrected chi connectivity index (χ1v) is 4.47. The van der Waals surface area contributed by atoms with E-state index in [2.05, 4.69) is 10.6 Å². The molecule has 1 unspecified atom stereocenters. The third-order valence-corrected chi connectivity index (χ3v) is 2.65. The summed E-state index contributed by atoms with van der Waals surface area (Å²) in [6.45, 7) is 5.18. The van der Waals surface area contributed by atoms with E-state index in [4.69, 9.17) is 4.74 Å². The zero-order valence-corrected chi connectivity index (χ0v) is 6.86. The van der Waals surface area contributed by atoms with E-state index >= 15 is 0 Å². The zero-order valence-electron chi connectivity index (χ0n) is 6.86. The van der Waals surface area contributed by atoms with Crippen molar-refractivity contribution in [3.8, 4) is 0 Å². The van der Waals surface area contributed by atoms with Gasteiger partial charge in [0.25, 0.3) is 0 Å². The van der Waals surface area contributed by atoms with Crippen molar-refractivity contribution in [3.63, 3.8) is 0 Å². The lowest BCUT2D eigenvalue weighted by molar-refractivity contribution is -0.0216. The molecule has 64 valence electrons. The summed E-state index contributed by atoms with van der Waals surface area (Å²) >= 11 is 0. The van der Waals surface area contributed by atoms with Crippen LogP contribution in [0.3, 0.4) is 0 Å². The Morgan fingerprint density at radius 2 is 1.82 bits per heavy atom. The van der Waals surface area contributed by atoms with E-state index in [1.165, 1.54) is 12.8 Å². The SMILES string of the molecule is C1COC2(CCN1)CCNC2. The second-order valence-corrected chi connectivity index (χ2v) is 3.46. The highest BCUT2D eigenvalue weighted by Crippen LogP contribution is 2.24. The number of ether oxygens (including phenoxy) is 1. The van der Waals surface area contributed by atoms with Crippen LogP contribution in [0.15, 0.2) is 0 Å². The van der Waals surface area contributed by atoms with Crippen LogP contribution in [0, 0.1) is 0 Å². The second kappa shape index (κ2) is 3.09. The van der Waals surface area contributed by atoms with E-state index in [0.717, 1.165) is 32.8 Å². The molecule has 0 radical (unpaired) electrons. The van der Waals surface area contributed by atoms with E-state index in [0.29, 0.717) is 0 Å². The highest BCUT2D eigenvalue weighted by Gasteiger charge is 2.34. The lowest BCUT2D eigenvalue weighted by atomic mass is 9.99. The number of hydrogen-bond acceptors (Lipinski definition) is 3. The maximum absolute atomic E-state index is 5.83. The van der Waals surface area contributed by atoms with Gasteiger partial charge in [0.1, 0.15) is 0 Å². The number of nitrogens with one attached hydrogen (secondary N) is 2. The average Bonchev–Trinajstić information content (AvgIpc) is 2.32. The minimum absolute atomic E-state index is 0.184. The standard InChI is InChI=1S/C8H16N2O/c1-3-9-5-6-11-8(1)2-4-10-7-8/h9-10H,1-7H2. The summed E-state index contributed by atoms with van der Waals surface area (Å²) in [5.41, 5.74) is 0.184. The molecule has 2 aliphatic rings. The van der Waals surface area contributed by atoms with Crippen LogP contribution in [0.5, 0.6) is 0 Å². The van der Waals surface area contributed by atoms with Gasteiger partial charge in [0.2, 0.25) is 0 Å². The molecule has 2 aliphatic heterocycles. The molecule has 2 fully saturated rings. The van der Waals surface area contributed by atoms with Crippen molar-refractivity contribution >= 4 is 0 Å². The molecule has 2 saturated heterocycles. The maximum Gasteiger partial charge on any atom is 0.0831 e. The van der Waals surface area contributed by atoms with Gasteiger partial charge in [-0.25, -0.2) is 0 Å². The Bertz CT molecular complexity index is 122. The van der Waals surface area contributed by atoms with Crippen LogP contribution < -0.4 is 10.6 Å². The number of rotatable bonds is 0. The molecule has 1 atom stereocenters. The maximum atomic E-state index is 5.83. The van der Waals surface area contributed by atoms with Crippen LogP contribution in [-0.4, -0.2) is 38.4 Å². The molecular weight excluding hydrogens is 140 g/mol. The Kier molecular flexibility index (Phi) is 2.11. The normalized spacial score (nSPS) is 39.3. The first-order chi connectivity index (χ1) is 5.41. The van der Waals surface area contributed by atoms with E-state index < -0.39 is 0 Å². The molecular formula is C8H16N2O. The minimum atomic E-state index is 0.184. The summed E-state index contributed by atoms with van der Waals surface area (Å²) in [4.78, 5) is 0. The summed E-state index contributed by atoms with van der Waals surface area (Å²) < 4.78 is 5.83. The monoisotopic (exact) mass is 156 g/mol. The molecule has 2 rings (SSSR count). The fourth-order valence-electron chi connectivity index (χ4n) is 1.91. The summed E-state index contributed by atoms with van der Waals surface area (Å²) in [6.07, 6.45) is 2.36. The van der Waals surface area contributed by atoms with Crippen LogP contribution >= 0.6 is 0 Å². The summed E-state index contributed by atoms with van der Waals surface area (Å²) in [5.74, 6) is 0. The second-order valence-electron chi connectivity index (χ2n) is 3.46. The lowest BCUT2D eigenvalue weighted by Gasteiger charge is -2.25. The van der Waals surface area contributed by atoms with Gasteiger partial charge in [0.05, 0.1) is 12.2 Å². The molecule has 0 aromatic heterocycles. The van der Waals surface area contributed by atoms with Crippen molar-refractivity contribution in [2.24, 2.45) is 0 Å². The molecule has 0 aromatic rings. The highest BCUT2D eigenvalue weighted by atomic mass is 16.5. The van der Waals surface area contributed by atoms with E-state index in [9.17, 15) is 0 Å². The number of hydrogen-bond donors (Lipinski definition) is 2. The van der Waals surface area contributed by atoms with Crippen LogP contribution in [0.4, 0.5) is 0 Å². The van der Waals surface area contributed by atoms with Gasteiger partial charge in [-0.1, -0.05) is 0 Å². The Hall–Kier alpha value is -0.120. The van der Waals surface area contributed by atoms with Crippen molar-refractivity contribution in [2.75, 3.05) is 32.8 Å². The summed E-state index contributed by atoms with van der Waals surface area (Å²) in [6, 6.07) is 0. The van der Waals surface area contributed by atoms with Crippen molar-refractivity contribution in [3.05, 3.63) is 0 Å². The predicted molar refractivity (Wildman–Crippen MR) is 43.7 cm³/mol. The quantitative estimate of drug-likeness (QED) is 0.506. The van der Waals surface area contributed by atoms with Gasteiger partial charge in [-0.2, -0.15) is 0 Å².